The van der Waals surface area contributed by atoms with Crippen LogP contribution in [0, 0.1) is 17.0 Å². The number of nitro groups is 1. The van der Waals surface area contributed by atoms with Crippen molar-refractivity contribution in [3.8, 4) is 0 Å². The van der Waals surface area contributed by atoms with E-state index in [9.17, 15) is 24.5 Å². The van der Waals surface area contributed by atoms with E-state index in [-0.39, 0.29) is 24.2 Å². The van der Waals surface area contributed by atoms with Gasteiger partial charge in [-0.1, -0.05) is 0 Å². The van der Waals surface area contributed by atoms with E-state index in [2.05, 4.69) is 10.6 Å². The summed E-state index contributed by atoms with van der Waals surface area (Å²) in [4.78, 5) is 45.1. The Labute approximate surface area is 143 Å². The number of aliphatic carboxylic acids is 1. The number of carbonyl (C=O) groups excluding carboxylic acids is 2. The SMILES string of the molecule is Cc1cc(C(=O)NCC(=O)NC2(CC(=O)O)CCC2)ccc1[N+](=O)[O-]. The maximum absolute atomic E-state index is 12.1. The average molecular weight is 349 g/mol. The molecule has 0 spiro atoms. The molecule has 1 aliphatic rings. The van der Waals surface area contributed by atoms with Gasteiger partial charge in [-0.05, 0) is 38.3 Å². The lowest BCUT2D eigenvalue weighted by molar-refractivity contribution is -0.385. The van der Waals surface area contributed by atoms with Crippen LogP contribution in [0.15, 0.2) is 18.2 Å². The molecule has 0 saturated heterocycles. The van der Waals surface area contributed by atoms with Gasteiger partial charge in [0.05, 0.1) is 23.4 Å². The molecule has 134 valence electrons. The minimum absolute atomic E-state index is 0.0881. The van der Waals surface area contributed by atoms with Gasteiger partial charge in [-0.2, -0.15) is 0 Å². The van der Waals surface area contributed by atoms with Crippen molar-refractivity contribution in [3.05, 3.63) is 39.4 Å². The zero-order chi connectivity index (χ0) is 18.6. The van der Waals surface area contributed by atoms with E-state index in [4.69, 9.17) is 5.11 Å². The summed E-state index contributed by atoms with van der Waals surface area (Å²) in [5.41, 5.74) is -0.260. The van der Waals surface area contributed by atoms with Crippen LogP contribution in [0.3, 0.4) is 0 Å². The first-order valence-electron chi connectivity index (χ1n) is 7.78. The summed E-state index contributed by atoms with van der Waals surface area (Å²) >= 11 is 0. The standard InChI is InChI=1S/C16H19N3O6/c1-10-7-11(3-4-12(10)19(24)25)15(23)17-9-13(20)18-16(5-2-6-16)8-14(21)22/h3-4,7H,2,5-6,8-9H2,1H3,(H,17,23)(H,18,20)(H,21,22). The number of amides is 2. The van der Waals surface area contributed by atoms with Gasteiger partial charge in [0.25, 0.3) is 11.6 Å². The Balaban J connectivity index is 1.91. The van der Waals surface area contributed by atoms with Crippen LogP contribution in [0.5, 0.6) is 0 Å². The molecule has 1 saturated carbocycles. The zero-order valence-electron chi connectivity index (χ0n) is 13.7. The second kappa shape index (κ2) is 7.29. The van der Waals surface area contributed by atoms with Crippen molar-refractivity contribution in [2.75, 3.05) is 6.54 Å². The first-order chi connectivity index (χ1) is 11.7. The number of aryl methyl sites for hydroxylation is 1. The Morgan fingerprint density at radius 1 is 1.32 bits per heavy atom. The van der Waals surface area contributed by atoms with Crippen molar-refractivity contribution < 1.29 is 24.4 Å². The van der Waals surface area contributed by atoms with Crippen molar-refractivity contribution in [2.45, 2.75) is 38.1 Å². The molecule has 3 N–H and O–H groups in total. The van der Waals surface area contributed by atoms with Crippen molar-refractivity contribution >= 4 is 23.5 Å². The summed E-state index contributed by atoms with van der Waals surface area (Å²) in [6.45, 7) is 1.23. The molecule has 9 nitrogen and oxygen atoms in total. The number of carboxylic acid groups (broad SMARTS) is 1. The fourth-order valence-corrected chi connectivity index (χ4v) is 2.84. The number of nitrogens with zero attached hydrogens (tertiary/aromatic N) is 1. The van der Waals surface area contributed by atoms with Crippen LogP contribution in [0.2, 0.25) is 0 Å². The topological polar surface area (TPSA) is 139 Å². The number of hydrogen-bond donors (Lipinski definition) is 3. The lowest BCUT2D eigenvalue weighted by Gasteiger charge is -2.41. The van der Waals surface area contributed by atoms with Gasteiger partial charge < -0.3 is 15.7 Å². The molecule has 25 heavy (non-hydrogen) atoms. The van der Waals surface area contributed by atoms with Crippen molar-refractivity contribution in [3.63, 3.8) is 0 Å². The van der Waals surface area contributed by atoms with Crippen LogP contribution in [-0.4, -0.2) is 39.9 Å². The van der Waals surface area contributed by atoms with Crippen LogP contribution >= 0.6 is 0 Å². The molecule has 1 aliphatic carbocycles. The molecule has 0 aliphatic heterocycles. The number of nitrogens with one attached hydrogen (secondary N) is 2. The summed E-state index contributed by atoms with van der Waals surface area (Å²) in [6.07, 6.45) is 1.90. The largest absolute Gasteiger partial charge is 0.481 e. The third-order valence-corrected chi connectivity index (χ3v) is 4.27. The Bertz CT molecular complexity index is 727. The molecule has 0 bridgehead atoms. The Hall–Kier alpha value is -2.97. The molecule has 1 aromatic rings. The minimum atomic E-state index is -0.981. The molecule has 2 rings (SSSR count). The first-order valence-corrected chi connectivity index (χ1v) is 7.78. The summed E-state index contributed by atoms with van der Waals surface area (Å²) < 4.78 is 0. The predicted molar refractivity (Wildman–Crippen MR) is 87.1 cm³/mol. The van der Waals surface area contributed by atoms with Crippen molar-refractivity contribution in [1.82, 2.24) is 10.6 Å². The number of rotatable bonds is 7. The molecule has 0 radical (unpaired) electrons. The van der Waals surface area contributed by atoms with Gasteiger partial charge in [0.2, 0.25) is 5.91 Å². The smallest absolute Gasteiger partial charge is 0.305 e. The van der Waals surface area contributed by atoms with E-state index >= 15 is 0 Å². The second-order valence-corrected chi connectivity index (χ2v) is 6.19. The van der Waals surface area contributed by atoms with E-state index in [1.54, 1.807) is 0 Å². The van der Waals surface area contributed by atoms with E-state index in [0.717, 1.165) is 6.42 Å². The van der Waals surface area contributed by atoms with Crippen LogP contribution in [-0.2, 0) is 9.59 Å². The normalized spacial score (nSPS) is 14.9. The monoisotopic (exact) mass is 349 g/mol. The van der Waals surface area contributed by atoms with Gasteiger partial charge in [-0.15, -0.1) is 0 Å². The quantitative estimate of drug-likeness (QED) is 0.498. The first kappa shape index (κ1) is 18.4. The van der Waals surface area contributed by atoms with Crippen molar-refractivity contribution in [2.24, 2.45) is 0 Å². The maximum atomic E-state index is 12.1. The lowest BCUT2D eigenvalue weighted by atomic mass is 9.74. The van der Waals surface area contributed by atoms with Gasteiger partial charge in [0, 0.05) is 17.2 Å². The third kappa shape index (κ3) is 4.52. The summed E-state index contributed by atoms with van der Waals surface area (Å²) in [5.74, 6) is -1.98. The fraction of sp³-hybridized carbons (Fsp3) is 0.438. The van der Waals surface area contributed by atoms with Crippen LogP contribution < -0.4 is 10.6 Å². The van der Waals surface area contributed by atoms with Crippen molar-refractivity contribution in [1.29, 1.82) is 0 Å². The van der Waals surface area contributed by atoms with Crippen LogP contribution in [0.25, 0.3) is 0 Å². The highest BCUT2D eigenvalue weighted by atomic mass is 16.6. The lowest BCUT2D eigenvalue weighted by Crippen LogP contribution is -2.56. The highest BCUT2D eigenvalue weighted by Crippen LogP contribution is 2.34. The Morgan fingerprint density at radius 2 is 2.00 bits per heavy atom. The fourth-order valence-electron chi connectivity index (χ4n) is 2.84. The van der Waals surface area contributed by atoms with E-state index in [1.165, 1.54) is 25.1 Å². The molecule has 0 heterocycles. The molecule has 2 amide bonds. The second-order valence-electron chi connectivity index (χ2n) is 6.19. The molecule has 0 atom stereocenters. The number of hydrogen-bond acceptors (Lipinski definition) is 5. The average Bonchev–Trinajstić information content (AvgIpc) is 2.49. The van der Waals surface area contributed by atoms with Gasteiger partial charge in [0.15, 0.2) is 0 Å². The van der Waals surface area contributed by atoms with E-state index < -0.39 is 28.2 Å². The van der Waals surface area contributed by atoms with Crippen LogP contribution in [0.1, 0.15) is 41.6 Å². The Morgan fingerprint density at radius 3 is 2.48 bits per heavy atom. The molecule has 0 unspecified atom stereocenters. The van der Waals surface area contributed by atoms with Crippen LogP contribution in [0.4, 0.5) is 5.69 Å². The Kier molecular flexibility index (Phi) is 5.35. The highest BCUT2D eigenvalue weighted by Gasteiger charge is 2.40. The summed E-state index contributed by atoms with van der Waals surface area (Å²) in [7, 11) is 0. The number of carbonyl (C=O) groups is 3. The third-order valence-electron chi connectivity index (χ3n) is 4.27. The molecule has 0 aromatic heterocycles. The summed E-state index contributed by atoms with van der Waals surface area (Å²) in [6, 6.07) is 3.93. The molecule has 1 aromatic carbocycles. The summed E-state index contributed by atoms with van der Waals surface area (Å²) in [5, 5.41) is 24.8. The van der Waals surface area contributed by atoms with Gasteiger partial charge in [0.1, 0.15) is 0 Å². The van der Waals surface area contributed by atoms with Gasteiger partial charge in [-0.25, -0.2) is 0 Å². The van der Waals surface area contributed by atoms with E-state index in [1.807, 2.05) is 0 Å². The van der Waals surface area contributed by atoms with E-state index in [0.29, 0.717) is 18.4 Å². The van der Waals surface area contributed by atoms with Gasteiger partial charge >= 0.3 is 5.97 Å². The number of carboxylic acids is 1. The molecule has 9 heteroatoms. The highest BCUT2D eigenvalue weighted by molar-refractivity contribution is 5.97. The number of nitro benzene ring substituents is 1. The number of benzene rings is 1. The minimum Gasteiger partial charge on any atom is -0.481 e. The molecule has 1 fully saturated rings. The molecular formula is C16H19N3O6. The van der Waals surface area contributed by atoms with Gasteiger partial charge in [-0.3, -0.25) is 24.5 Å². The zero-order valence-corrected chi connectivity index (χ0v) is 13.7. The molecular weight excluding hydrogens is 330 g/mol. The maximum Gasteiger partial charge on any atom is 0.305 e. The predicted octanol–water partition coefficient (Wildman–Crippen LogP) is 1.15.